The number of hydrogen-bond donors (Lipinski definition) is 1. The molecule has 2 fully saturated rings. The summed E-state index contributed by atoms with van der Waals surface area (Å²) in [5.74, 6) is 0.893. The number of ether oxygens (including phenoxy) is 2. The van der Waals surface area contributed by atoms with Crippen LogP contribution < -0.4 is 10.1 Å². The van der Waals surface area contributed by atoms with E-state index in [1.165, 1.54) is 0 Å². The normalized spacial score (nSPS) is 21.3. The Morgan fingerprint density at radius 1 is 1.27 bits per heavy atom. The van der Waals surface area contributed by atoms with Crippen molar-refractivity contribution in [1.82, 2.24) is 10.2 Å². The van der Waals surface area contributed by atoms with Gasteiger partial charge in [-0.2, -0.15) is 0 Å². The Balaban J connectivity index is 0.00000176. The molecule has 1 aromatic carbocycles. The zero-order valence-corrected chi connectivity index (χ0v) is 13.4. The summed E-state index contributed by atoms with van der Waals surface area (Å²) in [6.45, 7) is 4.71. The lowest BCUT2D eigenvalue weighted by molar-refractivity contribution is 0.0678. The molecule has 2 saturated heterocycles. The van der Waals surface area contributed by atoms with E-state index < -0.39 is 0 Å². The number of piperazine rings is 1. The van der Waals surface area contributed by atoms with Crippen molar-refractivity contribution in [3.05, 3.63) is 29.8 Å². The largest absolute Gasteiger partial charge is 0.491 e. The van der Waals surface area contributed by atoms with Crippen molar-refractivity contribution in [3.8, 4) is 5.75 Å². The van der Waals surface area contributed by atoms with E-state index in [2.05, 4.69) is 5.32 Å². The molecule has 1 atom stereocenters. The minimum atomic E-state index is 0. The molecule has 0 radical (unpaired) electrons. The first-order valence-corrected chi connectivity index (χ1v) is 7.67. The molecule has 6 heteroatoms. The molecule has 122 valence electrons. The summed E-state index contributed by atoms with van der Waals surface area (Å²) in [6.07, 6.45) is 2.40. The molecule has 5 nitrogen and oxygen atoms in total. The highest BCUT2D eigenvalue weighted by Crippen LogP contribution is 2.17. The van der Waals surface area contributed by atoms with Gasteiger partial charge in [-0.1, -0.05) is 0 Å². The lowest BCUT2D eigenvalue weighted by atomic mass is 10.2. The van der Waals surface area contributed by atoms with Crippen molar-refractivity contribution in [1.29, 1.82) is 0 Å². The fourth-order valence-corrected chi connectivity index (χ4v) is 2.71. The summed E-state index contributed by atoms with van der Waals surface area (Å²) in [4.78, 5) is 14.2. The van der Waals surface area contributed by atoms with Crippen molar-refractivity contribution in [2.45, 2.75) is 18.9 Å². The summed E-state index contributed by atoms with van der Waals surface area (Å²) < 4.78 is 11.2. The standard InChI is InChI=1S/C16H22N2O3.ClH/c19-16(18-9-7-17-8-10-18)13-3-5-14(6-4-13)21-12-15-2-1-11-20-15;/h3-6,15,17H,1-2,7-12H2;1H. The highest BCUT2D eigenvalue weighted by atomic mass is 35.5. The van der Waals surface area contributed by atoms with Crippen LogP contribution in [0.5, 0.6) is 5.75 Å². The van der Waals surface area contributed by atoms with Crippen LogP contribution >= 0.6 is 12.4 Å². The average Bonchev–Trinajstić information content (AvgIpc) is 3.07. The van der Waals surface area contributed by atoms with E-state index in [9.17, 15) is 4.79 Å². The predicted octanol–water partition coefficient (Wildman–Crippen LogP) is 1.71. The number of nitrogens with one attached hydrogen (secondary N) is 1. The summed E-state index contributed by atoms with van der Waals surface area (Å²) in [7, 11) is 0. The van der Waals surface area contributed by atoms with Crippen molar-refractivity contribution >= 4 is 18.3 Å². The predicted molar refractivity (Wildman–Crippen MR) is 86.9 cm³/mol. The van der Waals surface area contributed by atoms with Gasteiger partial charge in [-0.05, 0) is 37.1 Å². The third-order valence-corrected chi connectivity index (χ3v) is 3.97. The summed E-state index contributed by atoms with van der Waals surface area (Å²) in [5, 5.41) is 3.25. The van der Waals surface area contributed by atoms with Crippen LogP contribution in [-0.2, 0) is 4.74 Å². The van der Waals surface area contributed by atoms with E-state index in [0.29, 0.717) is 6.61 Å². The smallest absolute Gasteiger partial charge is 0.253 e. The topological polar surface area (TPSA) is 50.8 Å². The zero-order chi connectivity index (χ0) is 14.5. The van der Waals surface area contributed by atoms with Crippen LogP contribution in [0.3, 0.4) is 0 Å². The molecule has 0 saturated carbocycles. The van der Waals surface area contributed by atoms with Crippen LogP contribution in [-0.4, -0.2) is 56.3 Å². The van der Waals surface area contributed by atoms with E-state index >= 15 is 0 Å². The van der Waals surface area contributed by atoms with Crippen molar-refractivity contribution in [2.75, 3.05) is 39.4 Å². The summed E-state index contributed by atoms with van der Waals surface area (Å²) >= 11 is 0. The minimum Gasteiger partial charge on any atom is -0.491 e. The number of benzene rings is 1. The Labute approximate surface area is 137 Å². The molecule has 1 N–H and O–H groups in total. The van der Waals surface area contributed by atoms with E-state index in [-0.39, 0.29) is 24.4 Å². The molecule has 2 aliphatic rings. The molecule has 0 aromatic heterocycles. The number of carbonyl (C=O) groups is 1. The van der Waals surface area contributed by atoms with Crippen LogP contribution in [0.4, 0.5) is 0 Å². The number of amides is 1. The lowest BCUT2D eigenvalue weighted by Gasteiger charge is -2.27. The molecule has 1 unspecified atom stereocenters. The molecule has 0 bridgehead atoms. The fraction of sp³-hybridized carbons (Fsp3) is 0.562. The number of halogens is 1. The first-order chi connectivity index (χ1) is 10.3. The number of hydrogen-bond acceptors (Lipinski definition) is 4. The van der Waals surface area contributed by atoms with E-state index in [4.69, 9.17) is 9.47 Å². The van der Waals surface area contributed by atoms with Gasteiger partial charge in [0.1, 0.15) is 12.4 Å². The highest BCUT2D eigenvalue weighted by molar-refractivity contribution is 5.94. The van der Waals surface area contributed by atoms with Crippen LogP contribution in [0.25, 0.3) is 0 Å². The molecular formula is C16H23ClN2O3. The third-order valence-electron chi connectivity index (χ3n) is 3.97. The second-order valence-corrected chi connectivity index (χ2v) is 5.51. The Kier molecular flexibility index (Phi) is 6.49. The van der Waals surface area contributed by atoms with Gasteiger partial charge in [0.15, 0.2) is 0 Å². The first kappa shape index (κ1) is 17.1. The zero-order valence-electron chi connectivity index (χ0n) is 12.6. The SMILES string of the molecule is Cl.O=C(c1ccc(OCC2CCCO2)cc1)N1CCNCC1. The molecule has 1 aromatic rings. The Morgan fingerprint density at radius 3 is 2.64 bits per heavy atom. The second-order valence-electron chi connectivity index (χ2n) is 5.51. The maximum atomic E-state index is 12.3. The third kappa shape index (κ3) is 4.35. The van der Waals surface area contributed by atoms with Gasteiger partial charge in [0.05, 0.1) is 6.10 Å². The average molecular weight is 327 g/mol. The van der Waals surface area contributed by atoms with E-state index in [0.717, 1.165) is 56.9 Å². The maximum absolute atomic E-state index is 12.3. The van der Waals surface area contributed by atoms with E-state index in [1.54, 1.807) is 0 Å². The molecule has 2 aliphatic heterocycles. The van der Waals surface area contributed by atoms with Crippen molar-refractivity contribution < 1.29 is 14.3 Å². The first-order valence-electron chi connectivity index (χ1n) is 7.67. The maximum Gasteiger partial charge on any atom is 0.253 e. The number of rotatable bonds is 4. The second kappa shape index (κ2) is 8.36. The van der Waals surface area contributed by atoms with Crippen LogP contribution in [0.1, 0.15) is 23.2 Å². The number of nitrogens with zero attached hydrogens (tertiary/aromatic N) is 1. The highest BCUT2D eigenvalue weighted by Gasteiger charge is 2.18. The monoisotopic (exact) mass is 326 g/mol. The van der Waals surface area contributed by atoms with Crippen LogP contribution in [0, 0.1) is 0 Å². The molecule has 22 heavy (non-hydrogen) atoms. The lowest BCUT2D eigenvalue weighted by Crippen LogP contribution is -2.46. The molecule has 1 amide bonds. The van der Waals surface area contributed by atoms with Gasteiger partial charge in [0, 0.05) is 38.3 Å². The van der Waals surface area contributed by atoms with Crippen molar-refractivity contribution in [2.24, 2.45) is 0 Å². The molecule has 3 rings (SSSR count). The Morgan fingerprint density at radius 2 is 2.00 bits per heavy atom. The van der Waals surface area contributed by atoms with Gasteiger partial charge in [0.2, 0.25) is 0 Å². The molecule has 0 aliphatic carbocycles. The quantitative estimate of drug-likeness (QED) is 0.915. The van der Waals surface area contributed by atoms with E-state index in [1.807, 2.05) is 29.2 Å². The van der Waals surface area contributed by atoms with Gasteiger partial charge in [0.25, 0.3) is 5.91 Å². The van der Waals surface area contributed by atoms with Crippen molar-refractivity contribution in [3.63, 3.8) is 0 Å². The van der Waals surface area contributed by atoms with Gasteiger partial charge in [-0.15, -0.1) is 12.4 Å². The van der Waals surface area contributed by atoms with Gasteiger partial charge < -0.3 is 19.7 Å². The summed E-state index contributed by atoms with van der Waals surface area (Å²) in [6, 6.07) is 7.42. The van der Waals surface area contributed by atoms with Crippen LogP contribution in [0.2, 0.25) is 0 Å². The number of carbonyl (C=O) groups excluding carboxylic acids is 1. The molecular weight excluding hydrogens is 304 g/mol. The Bertz CT molecular complexity index is 469. The van der Waals surface area contributed by atoms with Gasteiger partial charge in [-0.3, -0.25) is 4.79 Å². The molecule has 0 spiro atoms. The van der Waals surface area contributed by atoms with Gasteiger partial charge >= 0.3 is 0 Å². The Hall–Kier alpha value is -1.30. The van der Waals surface area contributed by atoms with Crippen LogP contribution in [0.15, 0.2) is 24.3 Å². The molecule has 2 heterocycles. The van der Waals surface area contributed by atoms with Gasteiger partial charge in [-0.25, -0.2) is 0 Å². The summed E-state index contributed by atoms with van der Waals surface area (Å²) in [5.41, 5.74) is 0.723. The minimum absolute atomic E-state index is 0. The fourth-order valence-electron chi connectivity index (χ4n) is 2.71.